The molecule has 33 heavy (non-hydrogen) atoms. The third-order valence-corrected chi connectivity index (χ3v) is 6.70. The number of rotatable bonds is 3. The minimum Gasteiger partial charge on any atom is -0.469 e. The maximum Gasteiger partial charge on any atom is 0.269 e. The van der Waals surface area contributed by atoms with Gasteiger partial charge < -0.3 is 9.73 Å². The first-order valence-electron chi connectivity index (χ1n) is 10.7. The average Bonchev–Trinajstić information content (AvgIpc) is 3.46. The molecule has 0 spiro atoms. The number of nitro benzene ring substituents is 1. The minimum absolute atomic E-state index is 0.0371. The molecule has 0 fully saturated rings. The van der Waals surface area contributed by atoms with E-state index < -0.39 is 10.8 Å². The number of nitro groups is 1. The van der Waals surface area contributed by atoms with E-state index in [1.165, 1.54) is 12.1 Å². The van der Waals surface area contributed by atoms with E-state index in [0.717, 1.165) is 17.0 Å². The molecule has 6 rings (SSSR count). The van der Waals surface area contributed by atoms with Crippen LogP contribution in [-0.4, -0.2) is 16.5 Å². The van der Waals surface area contributed by atoms with Crippen molar-refractivity contribution in [3.63, 3.8) is 0 Å². The number of carbonyl (C=O) groups excluding carboxylic acids is 2. The number of Topliss-reactive ketones (excluding diaryl/α,β-unsaturated/α-hetero) is 2. The Labute approximate surface area is 188 Å². The van der Waals surface area contributed by atoms with Gasteiger partial charge in [0.1, 0.15) is 5.76 Å². The zero-order chi connectivity index (χ0) is 22.7. The fourth-order valence-corrected chi connectivity index (χ4v) is 5.24. The first-order valence-corrected chi connectivity index (χ1v) is 10.7. The molecule has 2 heterocycles. The Morgan fingerprint density at radius 3 is 2.36 bits per heavy atom. The van der Waals surface area contributed by atoms with Crippen molar-refractivity contribution in [1.29, 1.82) is 0 Å². The van der Waals surface area contributed by atoms with E-state index >= 15 is 0 Å². The largest absolute Gasteiger partial charge is 0.469 e. The van der Waals surface area contributed by atoms with Gasteiger partial charge in [0, 0.05) is 58.4 Å². The highest BCUT2D eigenvalue weighted by atomic mass is 16.6. The predicted molar refractivity (Wildman–Crippen MR) is 119 cm³/mol. The zero-order valence-corrected chi connectivity index (χ0v) is 17.4. The Morgan fingerprint density at radius 2 is 1.67 bits per heavy atom. The van der Waals surface area contributed by atoms with Crippen molar-refractivity contribution >= 4 is 23.0 Å². The molecule has 7 nitrogen and oxygen atoms in total. The van der Waals surface area contributed by atoms with Crippen LogP contribution in [0.1, 0.15) is 51.9 Å². The second-order valence-electron chi connectivity index (χ2n) is 8.51. The molecule has 1 aromatic heterocycles. The molecule has 0 radical (unpaired) electrons. The zero-order valence-electron chi connectivity index (χ0n) is 17.4. The lowest BCUT2D eigenvalue weighted by molar-refractivity contribution is -0.384. The van der Waals surface area contributed by atoms with Gasteiger partial charge in [-0.25, -0.2) is 0 Å². The quantitative estimate of drug-likeness (QED) is 0.462. The van der Waals surface area contributed by atoms with Crippen molar-refractivity contribution in [1.82, 2.24) is 5.32 Å². The number of hydrogen-bond acceptors (Lipinski definition) is 6. The first kappa shape index (κ1) is 19.4. The second kappa shape index (κ2) is 7.13. The van der Waals surface area contributed by atoms with Crippen LogP contribution in [0.3, 0.4) is 0 Å². The van der Waals surface area contributed by atoms with Gasteiger partial charge >= 0.3 is 0 Å². The number of benzene rings is 2. The van der Waals surface area contributed by atoms with Gasteiger partial charge in [0.25, 0.3) is 5.69 Å². The molecule has 2 atom stereocenters. The van der Waals surface area contributed by atoms with Crippen LogP contribution >= 0.6 is 0 Å². The van der Waals surface area contributed by atoms with Crippen molar-refractivity contribution in [3.8, 4) is 0 Å². The summed E-state index contributed by atoms with van der Waals surface area (Å²) in [5, 5.41) is 14.6. The molecule has 0 amide bonds. The molecular formula is C26H18N2O5. The Bertz CT molecular complexity index is 1400. The lowest BCUT2D eigenvalue weighted by atomic mass is 9.72. The summed E-state index contributed by atoms with van der Waals surface area (Å²) in [5.74, 6) is -0.0909. The van der Waals surface area contributed by atoms with E-state index in [1.807, 2.05) is 30.3 Å². The number of hydrogen-bond donors (Lipinski definition) is 1. The Morgan fingerprint density at radius 1 is 0.909 bits per heavy atom. The third-order valence-electron chi connectivity index (χ3n) is 6.70. The van der Waals surface area contributed by atoms with Crippen molar-refractivity contribution in [3.05, 3.63) is 116 Å². The van der Waals surface area contributed by atoms with Gasteiger partial charge in [-0.2, -0.15) is 0 Å². The van der Waals surface area contributed by atoms with Gasteiger partial charge in [0.15, 0.2) is 11.6 Å². The highest BCUT2D eigenvalue weighted by Crippen LogP contribution is 2.50. The number of carbonyl (C=O) groups is 2. The van der Waals surface area contributed by atoms with E-state index in [-0.39, 0.29) is 29.6 Å². The summed E-state index contributed by atoms with van der Waals surface area (Å²) in [6.45, 7) is 0. The van der Waals surface area contributed by atoms with Crippen LogP contribution in [0.2, 0.25) is 0 Å². The van der Waals surface area contributed by atoms with Crippen molar-refractivity contribution in [2.75, 3.05) is 0 Å². The molecule has 1 N–H and O–H groups in total. The number of dihydropyridines is 1. The van der Waals surface area contributed by atoms with Crippen LogP contribution in [-0.2, 0) is 4.79 Å². The fourth-order valence-electron chi connectivity index (χ4n) is 5.24. The van der Waals surface area contributed by atoms with Gasteiger partial charge in [0.2, 0.25) is 0 Å². The summed E-state index contributed by atoms with van der Waals surface area (Å²) in [7, 11) is 0. The van der Waals surface area contributed by atoms with Crippen LogP contribution in [0.4, 0.5) is 5.69 Å². The second-order valence-corrected chi connectivity index (χ2v) is 8.51. The normalized spacial score (nSPS) is 21.5. The molecule has 0 saturated carbocycles. The number of allylic oxidation sites excluding steroid dienone is 3. The van der Waals surface area contributed by atoms with Crippen LogP contribution in [0.5, 0.6) is 0 Å². The average molecular weight is 438 g/mol. The van der Waals surface area contributed by atoms with Crippen molar-refractivity contribution in [2.45, 2.75) is 24.7 Å². The summed E-state index contributed by atoms with van der Waals surface area (Å²) in [6.07, 6.45) is 2.46. The van der Waals surface area contributed by atoms with E-state index in [9.17, 15) is 19.7 Å². The van der Waals surface area contributed by atoms with E-state index in [0.29, 0.717) is 34.4 Å². The van der Waals surface area contributed by atoms with Crippen LogP contribution in [0, 0.1) is 10.1 Å². The molecule has 3 aliphatic rings. The standard InChI is InChI=1S/C26H18N2O5/c29-20-13-15(21-6-3-11-33-21)12-19-23(20)22(14-7-9-16(10-8-14)28(31)32)24-25(27-19)17-4-1-2-5-18(17)26(24)30/h1-11,15,22,27H,12-13H2/t15-,22-/m1/s1. The Hall–Kier alpha value is -4.26. The van der Waals surface area contributed by atoms with Gasteiger partial charge in [-0.05, 0) is 24.1 Å². The predicted octanol–water partition coefficient (Wildman–Crippen LogP) is 4.88. The molecule has 1 aliphatic heterocycles. The van der Waals surface area contributed by atoms with E-state index in [4.69, 9.17) is 4.42 Å². The molecule has 7 heteroatoms. The molecule has 2 aromatic carbocycles. The lowest BCUT2D eigenvalue weighted by Gasteiger charge is -2.35. The monoisotopic (exact) mass is 438 g/mol. The number of furan rings is 1. The van der Waals surface area contributed by atoms with E-state index in [1.54, 1.807) is 24.5 Å². The maximum atomic E-state index is 13.5. The molecule has 2 aliphatic carbocycles. The third kappa shape index (κ3) is 2.89. The van der Waals surface area contributed by atoms with Crippen molar-refractivity contribution in [2.24, 2.45) is 0 Å². The topological polar surface area (TPSA) is 102 Å². The number of ketones is 2. The maximum absolute atomic E-state index is 13.5. The summed E-state index contributed by atoms with van der Waals surface area (Å²) in [4.78, 5) is 37.6. The molecular weight excluding hydrogens is 420 g/mol. The van der Waals surface area contributed by atoms with Gasteiger partial charge in [0.05, 0.1) is 16.9 Å². The molecule has 162 valence electrons. The number of nitrogens with zero attached hydrogens (tertiary/aromatic N) is 1. The number of non-ortho nitro benzene ring substituents is 1. The number of fused-ring (bicyclic) bond motifs is 2. The summed E-state index contributed by atoms with van der Waals surface area (Å²) >= 11 is 0. The highest BCUT2D eigenvalue weighted by molar-refractivity contribution is 6.23. The molecule has 3 aromatic rings. The lowest BCUT2D eigenvalue weighted by Crippen LogP contribution is -2.33. The minimum atomic E-state index is -0.581. The van der Waals surface area contributed by atoms with Gasteiger partial charge in [-0.3, -0.25) is 19.7 Å². The number of nitrogens with one attached hydrogen (secondary N) is 1. The Kier molecular flexibility index (Phi) is 4.20. The molecule has 0 saturated heterocycles. The Balaban J connectivity index is 1.52. The van der Waals surface area contributed by atoms with E-state index in [2.05, 4.69) is 5.32 Å². The van der Waals surface area contributed by atoms with Gasteiger partial charge in [-0.15, -0.1) is 0 Å². The van der Waals surface area contributed by atoms with Crippen LogP contribution in [0.15, 0.2) is 88.2 Å². The fraction of sp³-hybridized carbons (Fsp3) is 0.154. The molecule has 0 bridgehead atoms. The smallest absolute Gasteiger partial charge is 0.269 e. The van der Waals surface area contributed by atoms with Crippen LogP contribution < -0.4 is 5.32 Å². The SMILES string of the molecule is O=C1C[C@H](c2ccco2)CC2=C1[C@@H](c1ccc([N+](=O)[O-])cc1)C1=C(N2)c2ccccc2C1=O. The highest BCUT2D eigenvalue weighted by Gasteiger charge is 2.45. The summed E-state index contributed by atoms with van der Waals surface area (Å²) < 4.78 is 5.58. The van der Waals surface area contributed by atoms with Gasteiger partial charge in [-0.1, -0.05) is 36.4 Å². The summed E-state index contributed by atoms with van der Waals surface area (Å²) in [5.41, 5.74) is 4.63. The molecule has 0 unspecified atom stereocenters. The van der Waals surface area contributed by atoms with Crippen LogP contribution in [0.25, 0.3) is 5.70 Å². The summed E-state index contributed by atoms with van der Waals surface area (Å²) in [6, 6.07) is 17.2. The van der Waals surface area contributed by atoms with Crippen molar-refractivity contribution < 1.29 is 18.9 Å². The first-order chi connectivity index (χ1) is 16.0.